The summed E-state index contributed by atoms with van der Waals surface area (Å²) in [4.78, 5) is 11.8. The van der Waals surface area contributed by atoms with Gasteiger partial charge in [0.15, 0.2) is 6.61 Å². The van der Waals surface area contributed by atoms with Crippen molar-refractivity contribution in [2.24, 2.45) is 5.92 Å². The second kappa shape index (κ2) is 7.61. The maximum absolute atomic E-state index is 12.6. The number of amides is 1. The van der Waals surface area contributed by atoms with E-state index in [9.17, 15) is 18.0 Å². The van der Waals surface area contributed by atoms with Gasteiger partial charge in [-0.1, -0.05) is 31.3 Å². The van der Waals surface area contributed by atoms with E-state index >= 15 is 0 Å². The summed E-state index contributed by atoms with van der Waals surface area (Å²) < 4.78 is 42.9. The second-order valence-electron chi connectivity index (χ2n) is 5.46. The smallest absolute Gasteiger partial charge is 0.416 e. The van der Waals surface area contributed by atoms with E-state index in [4.69, 9.17) is 4.74 Å². The molecule has 0 aliphatic rings. The number of ether oxygens (including phenoxy) is 1. The van der Waals surface area contributed by atoms with E-state index in [1.54, 1.807) is 0 Å². The Balaban J connectivity index is 1.88. The first-order valence-electron chi connectivity index (χ1n) is 7.16. The van der Waals surface area contributed by atoms with Crippen molar-refractivity contribution in [3.05, 3.63) is 34.8 Å². The predicted molar refractivity (Wildman–Crippen MR) is 84.0 cm³/mol. The van der Waals surface area contributed by atoms with Crippen molar-refractivity contribution in [1.82, 2.24) is 10.2 Å². The van der Waals surface area contributed by atoms with Gasteiger partial charge in [0.25, 0.3) is 5.91 Å². The molecule has 0 unspecified atom stereocenters. The maximum Gasteiger partial charge on any atom is 0.416 e. The first kappa shape index (κ1) is 18.2. The topological polar surface area (TPSA) is 64.1 Å². The molecule has 5 nitrogen and oxygen atoms in total. The molecule has 1 heterocycles. The van der Waals surface area contributed by atoms with Gasteiger partial charge in [-0.15, -0.1) is 10.2 Å². The standard InChI is InChI=1S/C15H16F3N3O2S/c1-9(2)6-13-20-21-14(24-13)19-12(22)8-23-11-5-3-4-10(7-11)15(16,17)18/h3-5,7,9H,6,8H2,1-2H3,(H,19,21,22). The van der Waals surface area contributed by atoms with Gasteiger partial charge in [-0.2, -0.15) is 13.2 Å². The van der Waals surface area contributed by atoms with Crippen LogP contribution in [-0.4, -0.2) is 22.7 Å². The number of anilines is 1. The van der Waals surface area contributed by atoms with Crippen LogP contribution in [0.3, 0.4) is 0 Å². The van der Waals surface area contributed by atoms with Gasteiger partial charge in [0.1, 0.15) is 10.8 Å². The Morgan fingerprint density at radius 1 is 1.33 bits per heavy atom. The molecule has 2 rings (SSSR count). The van der Waals surface area contributed by atoms with E-state index in [1.807, 2.05) is 13.8 Å². The van der Waals surface area contributed by atoms with Gasteiger partial charge >= 0.3 is 6.18 Å². The van der Waals surface area contributed by atoms with Crippen LogP contribution in [0.25, 0.3) is 0 Å². The lowest BCUT2D eigenvalue weighted by molar-refractivity contribution is -0.137. The number of halogens is 3. The number of hydrogen-bond donors (Lipinski definition) is 1. The molecule has 0 bridgehead atoms. The lowest BCUT2D eigenvalue weighted by atomic mass is 10.1. The molecule has 1 N–H and O–H groups in total. The van der Waals surface area contributed by atoms with Crippen LogP contribution in [0.4, 0.5) is 18.3 Å². The highest BCUT2D eigenvalue weighted by molar-refractivity contribution is 7.15. The number of alkyl halides is 3. The average Bonchev–Trinajstić information content (AvgIpc) is 2.91. The van der Waals surface area contributed by atoms with Gasteiger partial charge in [-0.25, -0.2) is 0 Å². The summed E-state index contributed by atoms with van der Waals surface area (Å²) in [6, 6.07) is 4.36. The van der Waals surface area contributed by atoms with Crippen molar-refractivity contribution in [3.8, 4) is 5.75 Å². The summed E-state index contributed by atoms with van der Waals surface area (Å²) >= 11 is 1.26. The number of carbonyl (C=O) groups excluding carboxylic acids is 1. The zero-order valence-corrected chi connectivity index (χ0v) is 13.9. The zero-order chi connectivity index (χ0) is 17.7. The van der Waals surface area contributed by atoms with Crippen molar-refractivity contribution in [3.63, 3.8) is 0 Å². The number of rotatable bonds is 6. The molecular weight excluding hydrogens is 343 g/mol. The first-order valence-corrected chi connectivity index (χ1v) is 7.98. The molecule has 0 fully saturated rings. The van der Waals surface area contributed by atoms with E-state index in [0.717, 1.165) is 23.6 Å². The fourth-order valence-electron chi connectivity index (χ4n) is 1.80. The summed E-state index contributed by atoms with van der Waals surface area (Å²) in [5, 5.41) is 11.4. The summed E-state index contributed by atoms with van der Waals surface area (Å²) in [6.45, 7) is 3.67. The maximum atomic E-state index is 12.6. The van der Waals surface area contributed by atoms with Crippen LogP contribution in [-0.2, 0) is 17.4 Å². The molecule has 0 aliphatic carbocycles. The van der Waals surface area contributed by atoms with E-state index < -0.39 is 24.3 Å². The SMILES string of the molecule is CC(C)Cc1nnc(NC(=O)COc2cccc(C(F)(F)F)c2)s1. The molecular formula is C15H16F3N3O2S. The quantitative estimate of drug-likeness (QED) is 0.853. The Hall–Kier alpha value is -2.16. The average molecular weight is 359 g/mol. The van der Waals surface area contributed by atoms with Crippen molar-refractivity contribution < 1.29 is 22.7 Å². The number of aromatic nitrogens is 2. The van der Waals surface area contributed by atoms with Crippen LogP contribution in [0.5, 0.6) is 5.75 Å². The second-order valence-corrected chi connectivity index (χ2v) is 6.52. The highest BCUT2D eigenvalue weighted by Crippen LogP contribution is 2.31. The van der Waals surface area contributed by atoms with E-state index in [1.165, 1.54) is 23.5 Å². The molecule has 0 aliphatic heterocycles. The molecule has 0 spiro atoms. The van der Waals surface area contributed by atoms with Crippen LogP contribution in [0, 0.1) is 5.92 Å². The molecule has 0 saturated heterocycles. The monoisotopic (exact) mass is 359 g/mol. The molecule has 2 aromatic rings. The van der Waals surface area contributed by atoms with E-state index in [2.05, 4.69) is 15.5 Å². The number of nitrogens with one attached hydrogen (secondary N) is 1. The molecule has 0 atom stereocenters. The molecule has 24 heavy (non-hydrogen) atoms. The molecule has 1 aromatic heterocycles. The highest BCUT2D eigenvalue weighted by atomic mass is 32.1. The van der Waals surface area contributed by atoms with Crippen LogP contribution in [0.2, 0.25) is 0 Å². The molecule has 0 radical (unpaired) electrons. The number of nitrogens with zero attached hydrogens (tertiary/aromatic N) is 2. The lowest BCUT2D eigenvalue weighted by Crippen LogP contribution is -2.20. The Labute approximate surface area is 140 Å². The number of carbonyl (C=O) groups is 1. The Bertz CT molecular complexity index is 701. The molecule has 1 aromatic carbocycles. The fourth-order valence-corrected chi connectivity index (χ4v) is 2.77. The fraction of sp³-hybridized carbons (Fsp3) is 0.400. The van der Waals surface area contributed by atoms with Gasteiger partial charge in [-0.05, 0) is 24.1 Å². The largest absolute Gasteiger partial charge is 0.484 e. The summed E-state index contributed by atoms with van der Waals surface area (Å²) in [6.07, 6.45) is -3.70. The molecule has 130 valence electrons. The van der Waals surface area contributed by atoms with Gasteiger partial charge < -0.3 is 4.74 Å². The number of hydrogen-bond acceptors (Lipinski definition) is 5. The minimum Gasteiger partial charge on any atom is -0.484 e. The first-order chi connectivity index (χ1) is 11.2. The predicted octanol–water partition coefficient (Wildman–Crippen LogP) is 3.77. The van der Waals surface area contributed by atoms with Gasteiger partial charge in [0, 0.05) is 6.42 Å². The Morgan fingerprint density at radius 3 is 2.75 bits per heavy atom. The summed E-state index contributed by atoms with van der Waals surface area (Å²) in [5.74, 6) is -0.122. The third-order valence-electron chi connectivity index (χ3n) is 2.83. The Kier molecular flexibility index (Phi) is 5.76. The Morgan fingerprint density at radius 2 is 2.08 bits per heavy atom. The van der Waals surface area contributed by atoms with Gasteiger partial charge in [0.05, 0.1) is 5.56 Å². The molecule has 9 heteroatoms. The van der Waals surface area contributed by atoms with Crippen molar-refractivity contribution in [1.29, 1.82) is 0 Å². The normalized spacial score (nSPS) is 11.6. The third kappa shape index (κ3) is 5.48. The van der Waals surface area contributed by atoms with Crippen molar-refractivity contribution in [2.75, 3.05) is 11.9 Å². The molecule has 1 amide bonds. The van der Waals surface area contributed by atoms with Crippen LogP contribution < -0.4 is 10.1 Å². The minimum absolute atomic E-state index is 0.0299. The lowest BCUT2D eigenvalue weighted by Gasteiger charge is -2.09. The highest BCUT2D eigenvalue weighted by Gasteiger charge is 2.30. The van der Waals surface area contributed by atoms with E-state index in [-0.39, 0.29) is 5.75 Å². The minimum atomic E-state index is -4.46. The third-order valence-corrected chi connectivity index (χ3v) is 3.69. The molecule has 0 saturated carbocycles. The van der Waals surface area contributed by atoms with E-state index in [0.29, 0.717) is 11.0 Å². The zero-order valence-electron chi connectivity index (χ0n) is 13.1. The van der Waals surface area contributed by atoms with Gasteiger partial charge in [0.2, 0.25) is 5.13 Å². The van der Waals surface area contributed by atoms with Crippen LogP contribution in [0.1, 0.15) is 24.4 Å². The summed E-state index contributed by atoms with van der Waals surface area (Å²) in [7, 11) is 0. The van der Waals surface area contributed by atoms with Crippen LogP contribution in [0.15, 0.2) is 24.3 Å². The van der Waals surface area contributed by atoms with Crippen LogP contribution >= 0.6 is 11.3 Å². The summed E-state index contributed by atoms with van der Waals surface area (Å²) in [5.41, 5.74) is -0.831. The van der Waals surface area contributed by atoms with Crippen molar-refractivity contribution in [2.45, 2.75) is 26.4 Å². The van der Waals surface area contributed by atoms with Gasteiger partial charge in [-0.3, -0.25) is 10.1 Å². The number of benzene rings is 1. The van der Waals surface area contributed by atoms with Crippen molar-refractivity contribution >= 4 is 22.4 Å².